The molecule has 1 amide bonds. The number of rotatable bonds is 8. The van der Waals surface area contributed by atoms with E-state index in [1.165, 1.54) is 0 Å². The fraction of sp³-hybridized carbons (Fsp3) is 0.350. The lowest BCUT2D eigenvalue weighted by molar-refractivity contribution is 0.0935. The van der Waals surface area contributed by atoms with Gasteiger partial charge in [-0.1, -0.05) is 19.1 Å². The van der Waals surface area contributed by atoms with E-state index < -0.39 is 10.0 Å². The maximum atomic E-state index is 12.9. The molecular formula is C20H26N2O5S. The standard InChI is InChI=1S/C20H26N2O5S/c1-6-16(14-10-11-18(26-3)19(12-14)27-4)21-20(23)15-8-7-9-17(13(15)2)22-28(5,24)25/h7-12,16,22H,6H2,1-5H3,(H,21,23)/t16-/m0/s1. The number of amides is 1. The van der Waals surface area contributed by atoms with E-state index in [0.29, 0.717) is 34.7 Å². The number of ether oxygens (including phenoxy) is 2. The fourth-order valence-electron chi connectivity index (χ4n) is 2.92. The summed E-state index contributed by atoms with van der Waals surface area (Å²) in [6, 6.07) is 10.2. The Kier molecular flexibility index (Phi) is 6.90. The minimum Gasteiger partial charge on any atom is -0.493 e. The molecule has 0 heterocycles. The Labute approximate surface area is 166 Å². The first-order valence-electron chi connectivity index (χ1n) is 8.80. The summed E-state index contributed by atoms with van der Waals surface area (Å²) in [5, 5.41) is 3.01. The minimum atomic E-state index is -3.43. The molecule has 28 heavy (non-hydrogen) atoms. The van der Waals surface area contributed by atoms with Gasteiger partial charge in [-0.05, 0) is 48.7 Å². The van der Waals surface area contributed by atoms with E-state index in [1.54, 1.807) is 45.4 Å². The SMILES string of the molecule is CC[C@H](NC(=O)c1cccc(NS(C)(=O)=O)c1C)c1ccc(OC)c(OC)c1. The van der Waals surface area contributed by atoms with Crippen molar-refractivity contribution in [3.8, 4) is 11.5 Å². The highest BCUT2D eigenvalue weighted by Gasteiger charge is 2.19. The van der Waals surface area contributed by atoms with Crippen molar-refractivity contribution in [2.24, 2.45) is 0 Å². The average molecular weight is 407 g/mol. The molecule has 0 bridgehead atoms. The van der Waals surface area contributed by atoms with Crippen molar-refractivity contribution in [2.45, 2.75) is 26.3 Å². The molecule has 1 atom stereocenters. The number of nitrogens with one attached hydrogen (secondary N) is 2. The number of methoxy groups -OCH3 is 2. The van der Waals surface area contributed by atoms with E-state index in [-0.39, 0.29) is 11.9 Å². The van der Waals surface area contributed by atoms with Crippen molar-refractivity contribution in [3.63, 3.8) is 0 Å². The first-order chi connectivity index (χ1) is 13.2. The smallest absolute Gasteiger partial charge is 0.252 e. The Morgan fingerprint density at radius 3 is 2.36 bits per heavy atom. The number of hydrogen-bond acceptors (Lipinski definition) is 5. The molecule has 0 fully saturated rings. The van der Waals surface area contributed by atoms with Crippen LogP contribution in [0.2, 0.25) is 0 Å². The largest absolute Gasteiger partial charge is 0.493 e. The summed E-state index contributed by atoms with van der Waals surface area (Å²) in [5.74, 6) is 0.919. The Morgan fingerprint density at radius 1 is 1.11 bits per heavy atom. The van der Waals surface area contributed by atoms with E-state index >= 15 is 0 Å². The van der Waals surface area contributed by atoms with Gasteiger partial charge in [0.15, 0.2) is 11.5 Å². The first kappa shape index (κ1) is 21.6. The summed E-state index contributed by atoms with van der Waals surface area (Å²) in [6.45, 7) is 3.68. The molecule has 0 saturated carbocycles. The molecule has 2 rings (SSSR count). The van der Waals surface area contributed by atoms with Crippen molar-refractivity contribution in [2.75, 3.05) is 25.2 Å². The highest BCUT2D eigenvalue weighted by Crippen LogP contribution is 2.31. The van der Waals surface area contributed by atoms with Crippen molar-refractivity contribution in [3.05, 3.63) is 53.1 Å². The summed E-state index contributed by atoms with van der Waals surface area (Å²) in [4.78, 5) is 12.9. The zero-order valence-electron chi connectivity index (χ0n) is 16.7. The van der Waals surface area contributed by atoms with Gasteiger partial charge in [0.1, 0.15) is 0 Å². The van der Waals surface area contributed by atoms with E-state index in [9.17, 15) is 13.2 Å². The van der Waals surface area contributed by atoms with Crippen LogP contribution in [0.3, 0.4) is 0 Å². The lowest BCUT2D eigenvalue weighted by atomic mass is 10.0. The van der Waals surface area contributed by atoms with Crippen LogP contribution in [0.4, 0.5) is 5.69 Å². The Balaban J connectivity index is 2.29. The van der Waals surface area contributed by atoms with Gasteiger partial charge < -0.3 is 14.8 Å². The van der Waals surface area contributed by atoms with Gasteiger partial charge in [0, 0.05) is 5.56 Å². The summed E-state index contributed by atoms with van der Waals surface area (Å²) in [6.07, 6.45) is 1.74. The van der Waals surface area contributed by atoms with Gasteiger partial charge in [-0.25, -0.2) is 8.42 Å². The van der Waals surface area contributed by atoms with Crippen molar-refractivity contribution >= 4 is 21.6 Å². The third-order valence-corrected chi connectivity index (χ3v) is 4.99. The van der Waals surface area contributed by atoms with Crippen LogP contribution in [0.1, 0.15) is 40.9 Å². The number of benzene rings is 2. The van der Waals surface area contributed by atoms with E-state index in [1.807, 2.05) is 19.1 Å². The van der Waals surface area contributed by atoms with E-state index in [2.05, 4.69) is 10.0 Å². The molecule has 0 saturated heterocycles. The quantitative estimate of drug-likeness (QED) is 0.702. The third kappa shape index (κ3) is 5.16. The molecule has 0 unspecified atom stereocenters. The molecule has 0 aliphatic rings. The van der Waals surface area contributed by atoms with Crippen LogP contribution in [0.15, 0.2) is 36.4 Å². The van der Waals surface area contributed by atoms with Crippen LogP contribution in [0.25, 0.3) is 0 Å². The molecule has 2 aromatic rings. The summed E-state index contributed by atoms with van der Waals surface area (Å²) >= 11 is 0. The molecule has 2 aromatic carbocycles. The number of sulfonamides is 1. The van der Waals surface area contributed by atoms with Crippen LogP contribution >= 0.6 is 0 Å². The van der Waals surface area contributed by atoms with E-state index in [0.717, 1.165) is 11.8 Å². The predicted octanol–water partition coefficient (Wildman–Crippen LogP) is 3.26. The monoisotopic (exact) mass is 406 g/mol. The second-order valence-electron chi connectivity index (χ2n) is 6.40. The third-order valence-electron chi connectivity index (χ3n) is 4.40. The van der Waals surface area contributed by atoms with Crippen molar-refractivity contribution in [1.29, 1.82) is 0 Å². The zero-order valence-corrected chi connectivity index (χ0v) is 17.5. The van der Waals surface area contributed by atoms with Gasteiger partial charge in [-0.3, -0.25) is 9.52 Å². The van der Waals surface area contributed by atoms with Crippen LogP contribution in [-0.2, 0) is 10.0 Å². The highest BCUT2D eigenvalue weighted by atomic mass is 32.2. The molecule has 7 nitrogen and oxygen atoms in total. The summed E-state index contributed by atoms with van der Waals surface area (Å²) in [5.41, 5.74) is 2.24. The Hall–Kier alpha value is -2.74. The molecular weight excluding hydrogens is 380 g/mol. The molecule has 8 heteroatoms. The van der Waals surface area contributed by atoms with Gasteiger partial charge >= 0.3 is 0 Å². The van der Waals surface area contributed by atoms with Crippen LogP contribution in [0.5, 0.6) is 11.5 Å². The van der Waals surface area contributed by atoms with Crippen molar-refractivity contribution in [1.82, 2.24) is 5.32 Å². The van der Waals surface area contributed by atoms with Crippen LogP contribution < -0.4 is 19.5 Å². The maximum absolute atomic E-state index is 12.9. The number of carbonyl (C=O) groups is 1. The molecule has 0 aromatic heterocycles. The first-order valence-corrected chi connectivity index (χ1v) is 10.7. The summed E-state index contributed by atoms with van der Waals surface area (Å²) < 4.78 is 36.1. The Morgan fingerprint density at radius 2 is 1.79 bits per heavy atom. The number of hydrogen-bond donors (Lipinski definition) is 2. The highest BCUT2D eigenvalue weighted by molar-refractivity contribution is 7.92. The van der Waals surface area contributed by atoms with Gasteiger partial charge in [0.25, 0.3) is 5.91 Å². The second-order valence-corrected chi connectivity index (χ2v) is 8.15. The summed E-state index contributed by atoms with van der Waals surface area (Å²) in [7, 11) is -0.308. The lowest BCUT2D eigenvalue weighted by Gasteiger charge is -2.20. The zero-order chi connectivity index (χ0) is 20.9. The molecule has 0 aliphatic heterocycles. The fourth-order valence-corrected chi connectivity index (χ4v) is 3.54. The normalized spacial score (nSPS) is 12.2. The average Bonchev–Trinajstić information content (AvgIpc) is 2.66. The molecule has 0 aliphatic carbocycles. The Bertz CT molecular complexity index is 957. The van der Waals surface area contributed by atoms with Gasteiger partial charge in [-0.15, -0.1) is 0 Å². The lowest BCUT2D eigenvalue weighted by Crippen LogP contribution is -2.29. The number of carbonyl (C=O) groups excluding carboxylic acids is 1. The maximum Gasteiger partial charge on any atom is 0.252 e. The van der Waals surface area contributed by atoms with Crippen molar-refractivity contribution < 1.29 is 22.7 Å². The van der Waals surface area contributed by atoms with Gasteiger partial charge in [0.2, 0.25) is 10.0 Å². The van der Waals surface area contributed by atoms with E-state index in [4.69, 9.17) is 9.47 Å². The molecule has 152 valence electrons. The van der Waals surface area contributed by atoms with Crippen LogP contribution in [0, 0.1) is 6.92 Å². The topological polar surface area (TPSA) is 93.7 Å². The van der Waals surface area contributed by atoms with Gasteiger partial charge in [0.05, 0.1) is 32.2 Å². The second kappa shape index (κ2) is 8.97. The number of anilines is 1. The van der Waals surface area contributed by atoms with Crippen LogP contribution in [-0.4, -0.2) is 34.8 Å². The predicted molar refractivity (Wildman–Crippen MR) is 110 cm³/mol. The molecule has 0 radical (unpaired) electrons. The molecule has 2 N–H and O–H groups in total. The molecule has 0 spiro atoms. The minimum absolute atomic E-state index is 0.238. The van der Waals surface area contributed by atoms with Gasteiger partial charge in [-0.2, -0.15) is 0 Å².